The Bertz CT molecular complexity index is 1010. The zero-order chi connectivity index (χ0) is 21.5. The summed E-state index contributed by atoms with van der Waals surface area (Å²) in [5, 5.41) is 26.0. The highest BCUT2D eigenvalue weighted by Crippen LogP contribution is 2.72. The van der Waals surface area contributed by atoms with Crippen molar-refractivity contribution in [3.8, 4) is 0 Å². The number of hydrogen-bond acceptors (Lipinski definition) is 9. The minimum atomic E-state index is -1.73. The van der Waals surface area contributed by atoms with Crippen LogP contribution in [0.25, 0.3) is 0 Å². The molecule has 0 aliphatic heterocycles. The van der Waals surface area contributed by atoms with Crippen LogP contribution in [0.3, 0.4) is 0 Å². The fraction of sp³-hybridized carbons (Fsp3) is 0.389. The van der Waals surface area contributed by atoms with Crippen molar-refractivity contribution in [3.63, 3.8) is 0 Å². The number of nitro benzene ring substituents is 1. The van der Waals surface area contributed by atoms with E-state index < -0.39 is 44.5 Å². The number of carbonyl (C=O) groups is 2. The number of nitro groups is 2. The van der Waals surface area contributed by atoms with E-state index in [0.29, 0.717) is 5.56 Å². The number of non-ortho nitro benzene ring substituents is 1. The van der Waals surface area contributed by atoms with Gasteiger partial charge in [0.15, 0.2) is 5.69 Å². The van der Waals surface area contributed by atoms with Gasteiger partial charge in [0.05, 0.1) is 22.4 Å². The number of hydrogen-bond donors (Lipinski definition) is 0. The smallest absolute Gasteiger partial charge is 0.334 e. The molecule has 0 amide bonds. The summed E-state index contributed by atoms with van der Waals surface area (Å²) in [6.45, 7) is 4.16. The van der Waals surface area contributed by atoms with Crippen LogP contribution in [0.2, 0.25) is 0 Å². The molecule has 0 spiro atoms. The second-order valence-corrected chi connectivity index (χ2v) is 6.69. The van der Waals surface area contributed by atoms with E-state index in [1.54, 1.807) is 6.92 Å². The molecule has 1 heterocycles. The van der Waals surface area contributed by atoms with Crippen LogP contribution in [0.5, 0.6) is 0 Å². The van der Waals surface area contributed by atoms with Gasteiger partial charge in [0.25, 0.3) is 5.69 Å². The van der Waals surface area contributed by atoms with E-state index in [4.69, 9.17) is 9.26 Å². The van der Waals surface area contributed by atoms with Crippen molar-refractivity contribution in [2.24, 2.45) is 5.41 Å². The average Bonchev–Trinajstić information content (AvgIpc) is 3.22. The molecule has 2 aromatic rings. The molecular weight excluding hydrogens is 386 g/mol. The summed E-state index contributed by atoms with van der Waals surface area (Å²) in [6.07, 6.45) is 0. The molecule has 1 aromatic carbocycles. The normalized spacial score (nSPS) is 22.7. The van der Waals surface area contributed by atoms with E-state index in [0.717, 1.165) is 0 Å². The maximum atomic E-state index is 12.8. The Morgan fingerprint density at radius 3 is 2.28 bits per heavy atom. The molecule has 1 fully saturated rings. The van der Waals surface area contributed by atoms with Crippen molar-refractivity contribution in [3.05, 3.63) is 61.5 Å². The molecule has 3 atom stereocenters. The zero-order valence-electron chi connectivity index (χ0n) is 15.8. The molecule has 152 valence electrons. The first kappa shape index (κ1) is 20.1. The van der Waals surface area contributed by atoms with E-state index in [9.17, 15) is 29.8 Å². The number of ketones is 1. The monoisotopic (exact) mass is 403 g/mol. The van der Waals surface area contributed by atoms with Crippen molar-refractivity contribution in [2.75, 3.05) is 6.61 Å². The first-order valence-electron chi connectivity index (χ1n) is 8.71. The third-order valence-electron chi connectivity index (χ3n) is 5.19. The number of carbonyl (C=O) groups excluding carboxylic acids is 2. The maximum absolute atomic E-state index is 12.8. The summed E-state index contributed by atoms with van der Waals surface area (Å²) in [4.78, 5) is 46.6. The van der Waals surface area contributed by atoms with E-state index >= 15 is 0 Å². The molecule has 1 aliphatic carbocycles. The third-order valence-corrected chi connectivity index (χ3v) is 5.19. The zero-order valence-corrected chi connectivity index (χ0v) is 15.8. The van der Waals surface area contributed by atoms with Crippen LogP contribution in [-0.2, 0) is 14.3 Å². The van der Waals surface area contributed by atoms with Gasteiger partial charge in [-0.3, -0.25) is 29.8 Å². The lowest BCUT2D eigenvalue weighted by atomic mass is 9.94. The SMILES string of the molecule is CCOC(=O)[C@]1(C(C)=O)[C@H](c2ccc([N+](=O)[O-])cc2)[C@H]1c1onc(C)c1[N+](=O)[O-]. The molecule has 1 saturated carbocycles. The Labute approximate surface area is 163 Å². The fourth-order valence-corrected chi connectivity index (χ4v) is 3.90. The highest BCUT2D eigenvalue weighted by molar-refractivity contribution is 6.09. The van der Waals surface area contributed by atoms with Crippen LogP contribution in [-0.4, -0.2) is 33.4 Å². The molecule has 1 aromatic heterocycles. The molecule has 11 nitrogen and oxygen atoms in total. The second-order valence-electron chi connectivity index (χ2n) is 6.69. The van der Waals surface area contributed by atoms with Crippen molar-refractivity contribution < 1.29 is 28.7 Å². The van der Waals surface area contributed by atoms with Gasteiger partial charge < -0.3 is 9.26 Å². The van der Waals surface area contributed by atoms with Crippen LogP contribution in [0, 0.1) is 32.6 Å². The van der Waals surface area contributed by atoms with E-state index in [1.807, 2.05) is 0 Å². The Morgan fingerprint density at radius 2 is 1.79 bits per heavy atom. The highest BCUT2D eigenvalue weighted by Gasteiger charge is 2.77. The van der Waals surface area contributed by atoms with Gasteiger partial charge in [-0.25, -0.2) is 0 Å². The van der Waals surface area contributed by atoms with Gasteiger partial charge in [-0.05, 0) is 26.3 Å². The van der Waals surface area contributed by atoms with Gasteiger partial charge >= 0.3 is 11.7 Å². The number of Topliss-reactive ketones (excluding diaryl/α,β-unsaturated/α-hetero) is 1. The van der Waals surface area contributed by atoms with Crippen molar-refractivity contribution >= 4 is 23.1 Å². The number of nitrogens with zero attached hydrogens (tertiary/aromatic N) is 3. The van der Waals surface area contributed by atoms with Crippen LogP contribution in [0.1, 0.15) is 42.7 Å². The lowest BCUT2D eigenvalue weighted by Gasteiger charge is -2.13. The van der Waals surface area contributed by atoms with Crippen molar-refractivity contribution in [2.45, 2.75) is 32.6 Å². The van der Waals surface area contributed by atoms with Gasteiger partial charge in [0, 0.05) is 18.1 Å². The number of esters is 1. The van der Waals surface area contributed by atoms with Crippen LogP contribution < -0.4 is 0 Å². The summed E-state index contributed by atoms with van der Waals surface area (Å²) in [5.74, 6) is -3.43. The molecule has 0 N–H and O–H groups in total. The summed E-state index contributed by atoms with van der Waals surface area (Å²) in [7, 11) is 0. The molecule has 0 radical (unpaired) electrons. The summed E-state index contributed by atoms with van der Waals surface area (Å²) < 4.78 is 10.3. The molecule has 0 saturated heterocycles. The predicted molar refractivity (Wildman–Crippen MR) is 96.2 cm³/mol. The number of aromatic nitrogens is 1. The van der Waals surface area contributed by atoms with E-state index in [1.165, 1.54) is 38.1 Å². The number of ether oxygens (including phenoxy) is 1. The Kier molecular flexibility index (Phi) is 4.91. The topological polar surface area (TPSA) is 156 Å². The Hall–Kier alpha value is -3.63. The number of rotatable bonds is 7. The minimum Gasteiger partial charge on any atom is -0.465 e. The van der Waals surface area contributed by atoms with Crippen molar-refractivity contribution in [1.82, 2.24) is 5.16 Å². The fourth-order valence-electron chi connectivity index (χ4n) is 3.90. The highest BCUT2D eigenvalue weighted by atomic mass is 16.6. The van der Waals surface area contributed by atoms with Gasteiger partial charge in [-0.15, -0.1) is 0 Å². The molecule has 0 unspecified atom stereocenters. The second kappa shape index (κ2) is 7.08. The molecular formula is C18H17N3O8. The first-order chi connectivity index (χ1) is 13.7. The first-order valence-corrected chi connectivity index (χ1v) is 8.71. The molecule has 0 bridgehead atoms. The lowest BCUT2D eigenvalue weighted by molar-refractivity contribution is -0.386. The molecule has 29 heavy (non-hydrogen) atoms. The molecule has 1 aliphatic rings. The van der Waals surface area contributed by atoms with Gasteiger partial charge in [-0.2, -0.15) is 0 Å². The third kappa shape index (κ3) is 2.94. The van der Waals surface area contributed by atoms with Crippen LogP contribution in [0.15, 0.2) is 28.8 Å². The van der Waals surface area contributed by atoms with Gasteiger partial charge in [0.1, 0.15) is 11.2 Å². The largest absolute Gasteiger partial charge is 0.465 e. The average molecular weight is 403 g/mol. The molecule has 3 rings (SSSR count). The van der Waals surface area contributed by atoms with E-state index in [-0.39, 0.29) is 23.7 Å². The molecule has 11 heteroatoms. The number of aryl methyl sites for hydroxylation is 1. The predicted octanol–water partition coefficient (Wildman–Crippen LogP) is 2.82. The summed E-state index contributed by atoms with van der Waals surface area (Å²) in [6, 6.07) is 5.30. The van der Waals surface area contributed by atoms with E-state index in [2.05, 4.69) is 5.16 Å². The summed E-state index contributed by atoms with van der Waals surface area (Å²) >= 11 is 0. The quantitative estimate of drug-likeness (QED) is 0.293. The van der Waals surface area contributed by atoms with Crippen LogP contribution in [0.4, 0.5) is 11.4 Å². The Balaban J connectivity index is 2.18. The maximum Gasteiger partial charge on any atom is 0.334 e. The van der Waals surface area contributed by atoms with Gasteiger partial charge in [0.2, 0.25) is 5.76 Å². The Morgan fingerprint density at radius 1 is 1.17 bits per heavy atom. The lowest BCUT2D eigenvalue weighted by Crippen LogP contribution is -2.29. The minimum absolute atomic E-state index is 0.00505. The van der Waals surface area contributed by atoms with Gasteiger partial charge in [-0.1, -0.05) is 17.3 Å². The number of benzene rings is 1. The van der Waals surface area contributed by atoms with Crippen LogP contribution >= 0.6 is 0 Å². The summed E-state index contributed by atoms with van der Waals surface area (Å²) in [5.41, 5.74) is -1.87. The van der Waals surface area contributed by atoms with Crippen molar-refractivity contribution in [1.29, 1.82) is 0 Å². The standard InChI is InChI=1S/C18H17N3O8/c1-4-28-17(23)18(10(3)22)13(11-5-7-12(8-6-11)20(24)25)14(18)16-15(21(26)27)9(2)19-29-16/h5-8,13-14H,4H2,1-3H3/t13-,14+,18-/m1/s1.